The van der Waals surface area contributed by atoms with Crippen LogP contribution in [0, 0.1) is 0 Å². The summed E-state index contributed by atoms with van der Waals surface area (Å²) in [6, 6.07) is 9.02. The van der Waals surface area contributed by atoms with Gasteiger partial charge < -0.3 is 10.2 Å². The normalized spacial score (nSPS) is 12.2. The fourth-order valence-electron chi connectivity index (χ4n) is 1.48. The third kappa shape index (κ3) is 3.10. The molecular weight excluding hydrogens is 184 g/mol. The van der Waals surface area contributed by atoms with E-state index < -0.39 is 0 Å². The summed E-state index contributed by atoms with van der Waals surface area (Å²) >= 11 is 0. The minimum atomic E-state index is 0.406. The quantitative estimate of drug-likeness (QED) is 0.742. The number of hydrogen-bond donors (Lipinski definition) is 1. The van der Waals surface area contributed by atoms with Crippen LogP contribution in [0.5, 0.6) is 0 Å². The summed E-state index contributed by atoms with van der Waals surface area (Å²) in [5.74, 6) is 0. The summed E-state index contributed by atoms with van der Waals surface area (Å²) in [7, 11) is 4.04. The molecule has 0 aromatic heterocycles. The summed E-state index contributed by atoms with van der Waals surface area (Å²) < 4.78 is 0. The number of anilines is 1. The molecule has 0 saturated heterocycles. The van der Waals surface area contributed by atoms with Gasteiger partial charge in [0.2, 0.25) is 0 Å². The van der Waals surface area contributed by atoms with Crippen LogP contribution in [-0.4, -0.2) is 20.6 Å². The zero-order chi connectivity index (χ0) is 11.3. The largest absolute Gasteiger partial charge is 0.371 e. The molecule has 15 heavy (non-hydrogen) atoms. The summed E-state index contributed by atoms with van der Waals surface area (Å²) in [6.07, 6.45) is 1.91. The highest BCUT2D eigenvalue weighted by molar-refractivity contribution is 5.47. The van der Waals surface area contributed by atoms with Crippen molar-refractivity contribution in [3.63, 3.8) is 0 Å². The van der Waals surface area contributed by atoms with E-state index in [4.69, 9.17) is 0 Å². The standard InChI is InChI=1S/C13H20N2/c1-5-10-15(4)13-8-6-12(7-9-13)11(2)14-3/h5-9,11,14H,1,10H2,2-4H3. The first-order chi connectivity index (χ1) is 7.19. The van der Waals surface area contributed by atoms with Gasteiger partial charge in [0, 0.05) is 25.3 Å². The molecule has 1 rings (SSSR count). The highest BCUT2D eigenvalue weighted by Crippen LogP contribution is 2.17. The zero-order valence-corrected chi connectivity index (χ0v) is 9.83. The highest BCUT2D eigenvalue weighted by Gasteiger charge is 2.03. The topological polar surface area (TPSA) is 15.3 Å². The average Bonchev–Trinajstić information content (AvgIpc) is 2.28. The Hall–Kier alpha value is -1.28. The van der Waals surface area contributed by atoms with Crippen LogP contribution in [0.3, 0.4) is 0 Å². The van der Waals surface area contributed by atoms with Crippen LogP contribution in [0.1, 0.15) is 18.5 Å². The Labute approximate surface area is 92.6 Å². The Balaban J connectivity index is 2.75. The van der Waals surface area contributed by atoms with E-state index in [0.29, 0.717) is 6.04 Å². The van der Waals surface area contributed by atoms with E-state index in [1.165, 1.54) is 11.3 Å². The fourth-order valence-corrected chi connectivity index (χ4v) is 1.48. The molecule has 0 amide bonds. The molecule has 1 atom stereocenters. The third-order valence-electron chi connectivity index (χ3n) is 2.67. The molecule has 82 valence electrons. The van der Waals surface area contributed by atoms with Gasteiger partial charge in [0.25, 0.3) is 0 Å². The third-order valence-corrected chi connectivity index (χ3v) is 2.67. The molecular formula is C13H20N2. The maximum Gasteiger partial charge on any atom is 0.0366 e. The Morgan fingerprint density at radius 3 is 2.47 bits per heavy atom. The lowest BCUT2D eigenvalue weighted by Crippen LogP contribution is -2.17. The summed E-state index contributed by atoms with van der Waals surface area (Å²) in [4.78, 5) is 2.17. The van der Waals surface area contributed by atoms with Crippen molar-refractivity contribution in [2.45, 2.75) is 13.0 Å². The van der Waals surface area contributed by atoms with Crippen molar-refractivity contribution in [2.75, 3.05) is 25.5 Å². The van der Waals surface area contributed by atoms with Gasteiger partial charge in [-0.2, -0.15) is 0 Å². The lowest BCUT2D eigenvalue weighted by atomic mass is 10.1. The molecule has 0 aliphatic rings. The molecule has 0 aliphatic carbocycles. The van der Waals surface area contributed by atoms with Gasteiger partial charge in [-0.1, -0.05) is 18.2 Å². The number of nitrogens with zero attached hydrogens (tertiary/aromatic N) is 1. The van der Waals surface area contributed by atoms with E-state index in [1.807, 2.05) is 13.1 Å². The van der Waals surface area contributed by atoms with Gasteiger partial charge in [0.15, 0.2) is 0 Å². The molecule has 0 saturated carbocycles. The van der Waals surface area contributed by atoms with Crippen molar-refractivity contribution in [3.8, 4) is 0 Å². The molecule has 1 aromatic rings. The van der Waals surface area contributed by atoms with Gasteiger partial charge in [0.05, 0.1) is 0 Å². The zero-order valence-electron chi connectivity index (χ0n) is 9.83. The molecule has 0 spiro atoms. The molecule has 1 N–H and O–H groups in total. The number of hydrogen-bond acceptors (Lipinski definition) is 2. The van der Waals surface area contributed by atoms with E-state index in [1.54, 1.807) is 0 Å². The van der Waals surface area contributed by atoms with E-state index in [0.717, 1.165) is 6.54 Å². The molecule has 2 heteroatoms. The van der Waals surface area contributed by atoms with Crippen LogP contribution in [-0.2, 0) is 0 Å². The van der Waals surface area contributed by atoms with Crippen LogP contribution in [0.4, 0.5) is 5.69 Å². The molecule has 1 unspecified atom stereocenters. The fraction of sp³-hybridized carbons (Fsp3) is 0.385. The maximum atomic E-state index is 3.73. The van der Waals surface area contributed by atoms with Gasteiger partial charge in [-0.15, -0.1) is 6.58 Å². The van der Waals surface area contributed by atoms with E-state index >= 15 is 0 Å². The van der Waals surface area contributed by atoms with Crippen molar-refractivity contribution < 1.29 is 0 Å². The van der Waals surface area contributed by atoms with Crippen LogP contribution in [0.15, 0.2) is 36.9 Å². The number of benzene rings is 1. The Kier molecular flexibility index (Phi) is 4.37. The number of rotatable bonds is 5. The maximum absolute atomic E-state index is 3.73. The van der Waals surface area contributed by atoms with E-state index in [-0.39, 0.29) is 0 Å². The van der Waals surface area contributed by atoms with Gasteiger partial charge in [-0.05, 0) is 31.7 Å². The second-order valence-corrected chi connectivity index (χ2v) is 3.77. The average molecular weight is 204 g/mol. The SMILES string of the molecule is C=CCN(C)c1ccc(C(C)NC)cc1. The van der Waals surface area contributed by atoms with Crippen LogP contribution >= 0.6 is 0 Å². The highest BCUT2D eigenvalue weighted by atomic mass is 15.1. The Morgan fingerprint density at radius 1 is 1.40 bits per heavy atom. The Morgan fingerprint density at radius 2 is 2.00 bits per heavy atom. The van der Waals surface area contributed by atoms with Gasteiger partial charge >= 0.3 is 0 Å². The molecule has 0 fully saturated rings. The summed E-state index contributed by atoms with van der Waals surface area (Å²) in [5, 5.41) is 3.23. The van der Waals surface area contributed by atoms with Crippen molar-refractivity contribution in [3.05, 3.63) is 42.5 Å². The van der Waals surface area contributed by atoms with Crippen LogP contribution in [0.25, 0.3) is 0 Å². The first-order valence-corrected chi connectivity index (χ1v) is 5.28. The molecule has 0 bridgehead atoms. The van der Waals surface area contributed by atoms with Gasteiger partial charge in [-0.25, -0.2) is 0 Å². The Bertz CT molecular complexity index is 303. The van der Waals surface area contributed by atoms with E-state index in [9.17, 15) is 0 Å². The summed E-state index contributed by atoms with van der Waals surface area (Å²) in [6.45, 7) is 6.76. The predicted molar refractivity (Wildman–Crippen MR) is 67.4 cm³/mol. The van der Waals surface area contributed by atoms with Gasteiger partial charge in [-0.3, -0.25) is 0 Å². The second-order valence-electron chi connectivity index (χ2n) is 3.77. The second kappa shape index (κ2) is 5.56. The minimum absolute atomic E-state index is 0.406. The molecule has 0 aliphatic heterocycles. The molecule has 0 heterocycles. The lowest BCUT2D eigenvalue weighted by Gasteiger charge is -2.18. The van der Waals surface area contributed by atoms with E-state index in [2.05, 4.69) is 55.0 Å². The first-order valence-electron chi connectivity index (χ1n) is 5.28. The van der Waals surface area contributed by atoms with Crippen molar-refractivity contribution >= 4 is 5.69 Å². The minimum Gasteiger partial charge on any atom is -0.371 e. The van der Waals surface area contributed by atoms with Crippen molar-refractivity contribution in [1.82, 2.24) is 5.32 Å². The summed E-state index contributed by atoms with van der Waals surface area (Å²) in [5.41, 5.74) is 2.54. The lowest BCUT2D eigenvalue weighted by molar-refractivity contribution is 0.652. The first kappa shape index (κ1) is 11.8. The molecule has 1 aromatic carbocycles. The number of nitrogens with one attached hydrogen (secondary N) is 1. The monoisotopic (exact) mass is 204 g/mol. The van der Waals surface area contributed by atoms with Crippen LogP contribution < -0.4 is 10.2 Å². The van der Waals surface area contributed by atoms with Crippen molar-refractivity contribution in [2.24, 2.45) is 0 Å². The van der Waals surface area contributed by atoms with Crippen molar-refractivity contribution in [1.29, 1.82) is 0 Å². The molecule has 2 nitrogen and oxygen atoms in total. The molecule has 0 radical (unpaired) electrons. The van der Waals surface area contributed by atoms with Gasteiger partial charge in [0.1, 0.15) is 0 Å². The smallest absolute Gasteiger partial charge is 0.0366 e. The number of likely N-dealkylation sites (N-methyl/N-ethyl adjacent to an activating group) is 1. The predicted octanol–water partition coefficient (Wildman–Crippen LogP) is 2.59. The van der Waals surface area contributed by atoms with Crippen LogP contribution in [0.2, 0.25) is 0 Å².